The fourth-order valence-electron chi connectivity index (χ4n) is 2.30. The summed E-state index contributed by atoms with van der Waals surface area (Å²) in [5, 5.41) is 2.85. The summed E-state index contributed by atoms with van der Waals surface area (Å²) in [5.74, 6) is 0.802. The second-order valence-electron chi connectivity index (χ2n) is 5.15. The molecule has 0 fully saturated rings. The second kappa shape index (κ2) is 6.87. The molecule has 4 nitrogen and oxygen atoms in total. The predicted molar refractivity (Wildman–Crippen MR) is 85.8 cm³/mol. The quantitative estimate of drug-likeness (QED) is 0.924. The van der Waals surface area contributed by atoms with Gasteiger partial charge in [-0.05, 0) is 42.3 Å². The first-order valence-corrected chi connectivity index (χ1v) is 7.63. The molecule has 0 bridgehead atoms. The molecule has 120 valence electrons. The van der Waals surface area contributed by atoms with Crippen LogP contribution in [-0.2, 0) is 11.2 Å². The van der Waals surface area contributed by atoms with Crippen LogP contribution in [0.25, 0.3) is 0 Å². The molecular formula is C17H15ClFNO3. The Bertz CT molecular complexity index is 736. The number of aryl methyl sites for hydroxylation is 1. The Morgan fingerprint density at radius 2 is 1.91 bits per heavy atom. The van der Waals surface area contributed by atoms with Crippen LogP contribution in [0.1, 0.15) is 12.0 Å². The number of hydrogen-bond acceptors (Lipinski definition) is 3. The molecule has 23 heavy (non-hydrogen) atoms. The van der Waals surface area contributed by atoms with Gasteiger partial charge in [-0.3, -0.25) is 4.79 Å². The normalized spacial score (nSPS) is 12.8. The molecule has 1 aliphatic heterocycles. The summed E-state index contributed by atoms with van der Waals surface area (Å²) >= 11 is 5.89. The van der Waals surface area contributed by atoms with Crippen molar-refractivity contribution in [1.29, 1.82) is 0 Å². The van der Waals surface area contributed by atoms with E-state index in [9.17, 15) is 9.18 Å². The van der Waals surface area contributed by atoms with E-state index in [0.29, 0.717) is 31.1 Å². The Kier molecular flexibility index (Phi) is 4.67. The summed E-state index contributed by atoms with van der Waals surface area (Å²) in [4.78, 5) is 12.0. The van der Waals surface area contributed by atoms with Gasteiger partial charge in [0.2, 0.25) is 5.91 Å². The molecule has 1 amide bonds. The fraction of sp³-hybridized carbons (Fsp3) is 0.235. The third-order valence-electron chi connectivity index (χ3n) is 3.45. The van der Waals surface area contributed by atoms with Crippen LogP contribution in [0.4, 0.5) is 10.1 Å². The lowest BCUT2D eigenvalue weighted by molar-refractivity contribution is -0.116. The minimum Gasteiger partial charge on any atom is -0.486 e. The molecule has 0 radical (unpaired) electrons. The maximum Gasteiger partial charge on any atom is 0.224 e. The van der Waals surface area contributed by atoms with Gasteiger partial charge in [0.1, 0.15) is 19.0 Å². The second-order valence-corrected chi connectivity index (χ2v) is 5.56. The molecule has 0 atom stereocenters. The maximum absolute atomic E-state index is 13.0. The van der Waals surface area contributed by atoms with Crippen LogP contribution in [-0.4, -0.2) is 19.1 Å². The van der Waals surface area contributed by atoms with Crippen molar-refractivity contribution in [2.24, 2.45) is 0 Å². The number of fused-ring (bicyclic) bond motifs is 1. The molecule has 1 heterocycles. The summed E-state index contributed by atoms with van der Waals surface area (Å²) in [6.45, 7) is 1.08. The first-order valence-electron chi connectivity index (χ1n) is 7.25. The molecule has 1 N–H and O–H groups in total. The maximum atomic E-state index is 13.0. The SMILES string of the molecule is O=C(CCc1ccc2c(c1)OCCO2)Nc1ccc(F)cc1Cl. The first kappa shape index (κ1) is 15.6. The third kappa shape index (κ3) is 3.93. The van der Waals surface area contributed by atoms with Gasteiger partial charge in [-0.25, -0.2) is 4.39 Å². The lowest BCUT2D eigenvalue weighted by atomic mass is 10.1. The van der Waals surface area contributed by atoms with Crippen molar-refractivity contribution < 1.29 is 18.7 Å². The summed E-state index contributed by atoms with van der Waals surface area (Å²) in [5.41, 5.74) is 1.38. The molecule has 3 rings (SSSR count). The summed E-state index contributed by atoms with van der Waals surface area (Å²) in [7, 11) is 0. The van der Waals surface area contributed by atoms with Gasteiger partial charge in [0.25, 0.3) is 0 Å². The van der Waals surface area contributed by atoms with Crippen molar-refractivity contribution in [2.45, 2.75) is 12.8 Å². The molecule has 2 aromatic rings. The van der Waals surface area contributed by atoms with E-state index in [1.807, 2.05) is 18.2 Å². The largest absolute Gasteiger partial charge is 0.486 e. The minimum absolute atomic E-state index is 0.178. The van der Waals surface area contributed by atoms with E-state index in [1.54, 1.807) is 0 Å². The number of anilines is 1. The zero-order chi connectivity index (χ0) is 16.2. The highest BCUT2D eigenvalue weighted by atomic mass is 35.5. The highest BCUT2D eigenvalue weighted by molar-refractivity contribution is 6.33. The number of halogens is 2. The van der Waals surface area contributed by atoms with Crippen molar-refractivity contribution in [2.75, 3.05) is 18.5 Å². The Balaban J connectivity index is 1.58. The van der Waals surface area contributed by atoms with E-state index in [0.717, 1.165) is 17.4 Å². The number of benzene rings is 2. The molecule has 0 aliphatic carbocycles. The van der Waals surface area contributed by atoms with Gasteiger partial charge in [0.05, 0.1) is 10.7 Å². The number of ether oxygens (including phenoxy) is 2. The number of carbonyl (C=O) groups is 1. The van der Waals surface area contributed by atoms with Crippen LogP contribution in [0.2, 0.25) is 5.02 Å². The average Bonchev–Trinajstić information content (AvgIpc) is 2.55. The standard InChI is InChI=1S/C17H15ClFNO3/c18-13-10-12(19)3-4-14(13)20-17(21)6-2-11-1-5-15-16(9-11)23-8-7-22-15/h1,3-5,9-10H,2,6-8H2,(H,20,21). The number of hydrogen-bond donors (Lipinski definition) is 1. The van der Waals surface area contributed by atoms with E-state index in [1.165, 1.54) is 12.1 Å². The highest BCUT2D eigenvalue weighted by Gasteiger charge is 2.12. The number of carbonyl (C=O) groups excluding carboxylic acids is 1. The first-order chi connectivity index (χ1) is 11.1. The van der Waals surface area contributed by atoms with Gasteiger partial charge in [0.15, 0.2) is 11.5 Å². The van der Waals surface area contributed by atoms with Crippen LogP contribution in [0.15, 0.2) is 36.4 Å². The predicted octanol–water partition coefficient (Wildman–Crippen LogP) is 3.82. The lowest BCUT2D eigenvalue weighted by Gasteiger charge is -2.18. The molecule has 0 spiro atoms. The molecule has 0 saturated carbocycles. The van der Waals surface area contributed by atoms with Crippen molar-refractivity contribution in [3.8, 4) is 11.5 Å². The fourth-order valence-corrected chi connectivity index (χ4v) is 2.52. The van der Waals surface area contributed by atoms with Crippen LogP contribution >= 0.6 is 11.6 Å². The minimum atomic E-state index is -0.440. The highest BCUT2D eigenvalue weighted by Crippen LogP contribution is 2.31. The molecule has 1 aliphatic rings. The Labute approximate surface area is 138 Å². The van der Waals surface area contributed by atoms with E-state index < -0.39 is 5.82 Å². The van der Waals surface area contributed by atoms with E-state index in [4.69, 9.17) is 21.1 Å². The summed E-state index contributed by atoms with van der Waals surface area (Å²) in [6.07, 6.45) is 0.842. The van der Waals surface area contributed by atoms with Crippen LogP contribution in [0.3, 0.4) is 0 Å². The Morgan fingerprint density at radius 3 is 2.70 bits per heavy atom. The van der Waals surface area contributed by atoms with Crippen LogP contribution in [0, 0.1) is 5.82 Å². The zero-order valence-electron chi connectivity index (χ0n) is 12.3. The van der Waals surface area contributed by atoms with Crippen molar-refractivity contribution >= 4 is 23.2 Å². The van der Waals surface area contributed by atoms with Gasteiger partial charge in [0, 0.05) is 6.42 Å². The topological polar surface area (TPSA) is 47.6 Å². The van der Waals surface area contributed by atoms with Crippen LogP contribution in [0.5, 0.6) is 11.5 Å². The number of nitrogens with one attached hydrogen (secondary N) is 1. The van der Waals surface area contributed by atoms with E-state index in [2.05, 4.69) is 5.32 Å². The van der Waals surface area contributed by atoms with Gasteiger partial charge < -0.3 is 14.8 Å². The van der Waals surface area contributed by atoms with E-state index in [-0.39, 0.29) is 17.4 Å². The number of rotatable bonds is 4. The third-order valence-corrected chi connectivity index (χ3v) is 3.77. The van der Waals surface area contributed by atoms with Gasteiger partial charge in [-0.15, -0.1) is 0 Å². The molecule has 0 unspecified atom stereocenters. The van der Waals surface area contributed by atoms with Crippen molar-refractivity contribution in [1.82, 2.24) is 0 Å². The Morgan fingerprint density at radius 1 is 1.13 bits per heavy atom. The lowest BCUT2D eigenvalue weighted by Crippen LogP contribution is -2.16. The average molecular weight is 336 g/mol. The molecule has 0 saturated heterocycles. The monoisotopic (exact) mass is 335 g/mol. The van der Waals surface area contributed by atoms with Gasteiger partial charge in [-0.2, -0.15) is 0 Å². The molecule has 0 aromatic heterocycles. The van der Waals surface area contributed by atoms with Crippen molar-refractivity contribution in [3.63, 3.8) is 0 Å². The Hall–Kier alpha value is -2.27. The van der Waals surface area contributed by atoms with Gasteiger partial charge in [-0.1, -0.05) is 17.7 Å². The molecule has 2 aromatic carbocycles. The molecular weight excluding hydrogens is 321 g/mol. The summed E-state index contributed by atoms with van der Waals surface area (Å²) in [6, 6.07) is 9.50. The van der Waals surface area contributed by atoms with Crippen LogP contribution < -0.4 is 14.8 Å². The zero-order valence-corrected chi connectivity index (χ0v) is 13.0. The smallest absolute Gasteiger partial charge is 0.224 e. The van der Waals surface area contributed by atoms with Crippen molar-refractivity contribution in [3.05, 3.63) is 52.8 Å². The summed E-state index contributed by atoms with van der Waals surface area (Å²) < 4.78 is 23.9. The van der Waals surface area contributed by atoms with E-state index >= 15 is 0 Å². The number of amides is 1. The van der Waals surface area contributed by atoms with Gasteiger partial charge >= 0.3 is 0 Å². The molecule has 6 heteroatoms.